The molecule has 0 aromatic rings. The lowest BCUT2D eigenvalue weighted by Crippen LogP contribution is -2.44. The third-order valence-electron chi connectivity index (χ3n) is 4.75. The first-order valence-electron chi connectivity index (χ1n) is 7.69. The van der Waals surface area contributed by atoms with E-state index in [4.69, 9.17) is 0 Å². The zero-order chi connectivity index (χ0) is 12.1. The molecule has 2 aliphatic carbocycles. The van der Waals surface area contributed by atoms with Gasteiger partial charge in [-0.25, -0.2) is 0 Å². The zero-order valence-corrected chi connectivity index (χ0v) is 11.3. The fraction of sp³-hybridized carbons (Fsp3) is 1.00. The summed E-state index contributed by atoms with van der Waals surface area (Å²) >= 11 is 0. The van der Waals surface area contributed by atoms with Crippen molar-refractivity contribution in [3.8, 4) is 0 Å². The van der Waals surface area contributed by atoms with Crippen LogP contribution < -0.4 is 5.32 Å². The van der Waals surface area contributed by atoms with Crippen LogP contribution >= 0.6 is 0 Å². The van der Waals surface area contributed by atoms with Gasteiger partial charge in [-0.1, -0.05) is 44.9 Å². The number of aliphatic hydroxyl groups excluding tert-OH is 1. The standard InChI is InChI=1S/C15H29NO/c1-12(17)11-16-15-10-6-5-9-14(15)13-7-3-2-4-8-13/h12-17H,2-11H2,1H3/t12-,14?,15?/m1/s1. The average Bonchev–Trinajstić information content (AvgIpc) is 2.38. The molecule has 2 rings (SSSR count). The predicted octanol–water partition coefficient (Wildman–Crippen LogP) is 3.10. The van der Waals surface area contributed by atoms with Crippen LogP contribution in [-0.2, 0) is 0 Å². The highest BCUT2D eigenvalue weighted by Gasteiger charge is 2.32. The summed E-state index contributed by atoms with van der Waals surface area (Å²) in [4.78, 5) is 0. The smallest absolute Gasteiger partial charge is 0.0636 e. The molecule has 2 unspecified atom stereocenters. The van der Waals surface area contributed by atoms with Gasteiger partial charge in [-0.2, -0.15) is 0 Å². The highest BCUT2D eigenvalue weighted by atomic mass is 16.3. The van der Waals surface area contributed by atoms with Crippen molar-refractivity contribution in [2.24, 2.45) is 11.8 Å². The van der Waals surface area contributed by atoms with Gasteiger partial charge in [0, 0.05) is 12.6 Å². The Morgan fingerprint density at radius 1 is 1.00 bits per heavy atom. The van der Waals surface area contributed by atoms with Crippen LogP contribution in [0.3, 0.4) is 0 Å². The maximum absolute atomic E-state index is 9.42. The van der Waals surface area contributed by atoms with Gasteiger partial charge in [0.05, 0.1) is 6.10 Å². The predicted molar refractivity (Wildman–Crippen MR) is 72.0 cm³/mol. The van der Waals surface area contributed by atoms with Crippen molar-refractivity contribution in [3.63, 3.8) is 0 Å². The van der Waals surface area contributed by atoms with E-state index in [0.29, 0.717) is 6.04 Å². The van der Waals surface area contributed by atoms with E-state index >= 15 is 0 Å². The van der Waals surface area contributed by atoms with E-state index in [9.17, 15) is 5.11 Å². The van der Waals surface area contributed by atoms with Crippen molar-refractivity contribution in [1.29, 1.82) is 0 Å². The molecule has 0 heterocycles. The van der Waals surface area contributed by atoms with Crippen LogP contribution in [0.1, 0.15) is 64.7 Å². The number of rotatable bonds is 4. The minimum absolute atomic E-state index is 0.205. The summed E-state index contributed by atoms with van der Waals surface area (Å²) in [6.07, 6.45) is 12.6. The third-order valence-corrected chi connectivity index (χ3v) is 4.75. The van der Waals surface area contributed by atoms with Crippen LogP contribution in [0.25, 0.3) is 0 Å². The molecule has 0 saturated heterocycles. The quantitative estimate of drug-likeness (QED) is 0.790. The molecule has 0 spiro atoms. The van der Waals surface area contributed by atoms with Crippen LogP contribution in [0.4, 0.5) is 0 Å². The van der Waals surface area contributed by atoms with Gasteiger partial charge >= 0.3 is 0 Å². The Balaban J connectivity index is 1.86. The first-order chi connectivity index (χ1) is 8.27. The molecule has 3 atom stereocenters. The van der Waals surface area contributed by atoms with Crippen LogP contribution in [0.5, 0.6) is 0 Å². The van der Waals surface area contributed by atoms with Crippen molar-refractivity contribution < 1.29 is 5.11 Å². The summed E-state index contributed by atoms with van der Waals surface area (Å²) in [5.74, 6) is 1.86. The minimum Gasteiger partial charge on any atom is -0.392 e. The van der Waals surface area contributed by atoms with Gasteiger partial charge in [0.1, 0.15) is 0 Å². The minimum atomic E-state index is -0.205. The van der Waals surface area contributed by atoms with Gasteiger partial charge in [-0.15, -0.1) is 0 Å². The summed E-state index contributed by atoms with van der Waals surface area (Å²) in [6, 6.07) is 0.682. The molecule has 2 nitrogen and oxygen atoms in total. The van der Waals surface area contributed by atoms with Gasteiger partial charge in [0.15, 0.2) is 0 Å². The van der Waals surface area contributed by atoms with Crippen LogP contribution in [0.15, 0.2) is 0 Å². The molecule has 2 fully saturated rings. The van der Waals surface area contributed by atoms with Crippen LogP contribution in [0, 0.1) is 11.8 Å². The van der Waals surface area contributed by atoms with Gasteiger partial charge < -0.3 is 10.4 Å². The van der Waals surface area contributed by atoms with E-state index in [-0.39, 0.29) is 6.10 Å². The first kappa shape index (κ1) is 13.4. The summed E-state index contributed by atoms with van der Waals surface area (Å²) < 4.78 is 0. The molecule has 0 aromatic carbocycles. The lowest BCUT2D eigenvalue weighted by molar-refractivity contribution is 0.129. The summed E-state index contributed by atoms with van der Waals surface area (Å²) in [7, 11) is 0. The Hall–Kier alpha value is -0.0800. The number of aliphatic hydroxyl groups is 1. The second kappa shape index (κ2) is 6.75. The molecule has 2 aliphatic rings. The molecule has 2 N–H and O–H groups in total. The average molecular weight is 239 g/mol. The first-order valence-corrected chi connectivity index (χ1v) is 7.69. The topological polar surface area (TPSA) is 32.3 Å². The highest BCUT2D eigenvalue weighted by Crippen LogP contribution is 2.38. The Labute approximate surface area is 106 Å². The van der Waals surface area contributed by atoms with Gasteiger partial charge in [0.25, 0.3) is 0 Å². The molecule has 100 valence electrons. The molecule has 2 heteroatoms. The molecular formula is C15H29NO. The number of hydrogen-bond donors (Lipinski definition) is 2. The van der Waals surface area contributed by atoms with E-state index in [0.717, 1.165) is 18.4 Å². The monoisotopic (exact) mass is 239 g/mol. The Morgan fingerprint density at radius 3 is 2.35 bits per heavy atom. The summed E-state index contributed by atoms with van der Waals surface area (Å²) in [5, 5.41) is 13.0. The molecular weight excluding hydrogens is 210 g/mol. The second-order valence-corrected chi connectivity index (χ2v) is 6.21. The lowest BCUT2D eigenvalue weighted by Gasteiger charge is -2.39. The molecule has 2 saturated carbocycles. The van der Waals surface area contributed by atoms with Crippen molar-refractivity contribution in [2.45, 2.75) is 76.9 Å². The SMILES string of the molecule is C[C@@H](O)CNC1CCCCC1C1CCCCC1. The zero-order valence-electron chi connectivity index (χ0n) is 11.3. The van der Waals surface area contributed by atoms with Crippen LogP contribution in [0.2, 0.25) is 0 Å². The lowest BCUT2D eigenvalue weighted by atomic mass is 9.71. The van der Waals surface area contributed by atoms with E-state index in [1.807, 2.05) is 6.92 Å². The number of hydrogen-bond acceptors (Lipinski definition) is 2. The third kappa shape index (κ3) is 3.96. The normalized spacial score (nSPS) is 33.5. The van der Waals surface area contributed by atoms with Gasteiger partial charge in [-0.05, 0) is 31.6 Å². The van der Waals surface area contributed by atoms with Crippen molar-refractivity contribution >= 4 is 0 Å². The van der Waals surface area contributed by atoms with E-state index in [1.54, 1.807) is 0 Å². The molecule has 0 bridgehead atoms. The second-order valence-electron chi connectivity index (χ2n) is 6.21. The largest absolute Gasteiger partial charge is 0.392 e. The maximum Gasteiger partial charge on any atom is 0.0636 e. The Kier molecular flexibility index (Phi) is 5.30. The van der Waals surface area contributed by atoms with Gasteiger partial charge in [-0.3, -0.25) is 0 Å². The maximum atomic E-state index is 9.42. The van der Waals surface area contributed by atoms with Gasteiger partial charge in [0.2, 0.25) is 0 Å². The van der Waals surface area contributed by atoms with Crippen molar-refractivity contribution in [1.82, 2.24) is 5.32 Å². The van der Waals surface area contributed by atoms with E-state index in [1.165, 1.54) is 57.8 Å². The molecule has 0 aliphatic heterocycles. The fourth-order valence-corrected chi connectivity index (χ4v) is 3.86. The Morgan fingerprint density at radius 2 is 1.65 bits per heavy atom. The molecule has 17 heavy (non-hydrogen) atoms. The van der Waals surface area contributed by atoms with E-state index < -0.39 is 0 Å². The highest BCUT2D eigenvalue weighted by molar-refractivity contribution is 4.87. The Bertz CT molecular complexity index is 211. The summed E-state index contributed by atoms with van der Waals surface area (Å²) in [6.45, 7) is 2.65. The van der Waals surface area contributed by atoms with Crippen molar-refractivity contribution in [3.05, 3.63) is 0 Å². The number of nitrogens with one attached hydrogen (secondary N) is 1. The van der Waals surface area contributed by atoms with E-state index in [2.05, 4.69) is 5.32 Å². The molecule has 0 aromatic heterocycles. The summed E-state index contributed by atoms with van der Waals surface area (Å²) in [5.41, 5.74) is 0. The molecule has 0 radical (unpaired) electrons. The van der Waals surface area contributed by atoms with Crippen LogP contribution in [-0.4, -0.2) is 23.8 Å². The van der Waals surface area contributed by atoms with Crippen molar-refractivity contribution in [2.75, 3.05) is 6.54 Å². The fourth-order valence-electron chi connectivity index (χ4n) is 3.86. The molecule has 0 amide bonds.